The van der Waals surface area contributed by atoms with E-state index in [2.05, 4.69) is 0 Å². The third kappa shape index (κ3) is 4.00. The summed E-state index contributed by atoms with van der Waals surface area (Å²) in [5.74, 6) is -3.41. The molecule has 0 heterocycles. The van der Waals surface area contributed by atoms with Gasteiger partial charge in [0.2, 0.25) is 0 Å². The zero-order valence-electron chi connectivity index (χ0n) is 7.04. The molecule has 0 aromatic carbocycles. The highest BCUT2D eigenvalue weighted by Crippen LogP contribution is 2.10. The van der Waals surface area contributed by atoms with Gasteiger partial charge in [-0.25, -0.2) is 0 Å². The molecule has 0 aliphatic carbocycles. The van der Waals surface area contributed by atoms with Gasteiger partial charge in [0.05, 0.1) is 0 Å². The molecule has 0 unspecified atom stereocenters. The molecule has 2 nitrogen and oxygen atoms in total. The molecule has 12 heavy (non-hydrogen) atoms. The highest BCUT2D eigenvalue weighted by molar-refractivity contribution is 5.91. The van der Waals surface area contributed by atoms with Crippen LogP contribution in [0.5, 0.6) is 0 Å². The Labute approximate surface area is 68.4 Å². The number of amides is 1. The van der Waals surface area contributed by atoms with E-state index in [0.717, 1.165) is 0 Å². The molecule has 5 heteroatoms. The summed E-state index contributed by atoms with van der Waals surface area (Å²) >= 11 is 0. The predicted molar refractivity (Wildman–Crippen MR) is 38.2 cm³/mol. The molecule has 0 radical (unpaired) electrons. The van der Waals surface area contributed by atoms with Crippen molar-refractivity contribution in [3.63, 3.8) is 0 Å². The van der Waals surface area contributed by atoms with Gasteiger partial charge in [-0.15, -0.1) is 0 Å². The van der Waals surface area contributed by atoms with E-state index >= 15 is 0 Å². The SMILES string of the molecule is CC(C)(C)NC(=O)C(F)=C(F)F. The van der Waals surface area contributed by atoms with Gasteiger partial charge in [0, 0.05) is 5.54 Å². The lowest BCUT2D eigenvalue weighted by Gasteiger charge is -2.19. The minimum Gasteiger partial charge on any atom is -0.345 e. The van der Waals surface area contributed by atoms with Gasteiger partial charge in [0.1, 0.15) is 0 Å². The first-order valence-electron chi connectivity index (χ1n) is 3.27. The Morgan fingerprint density at radius 2 is 1.58 bits per heavy atom. The fourth-order valence-electron chi connectivity index (χ4n) is 0.481. The zero-order valence-corrected chi connectivity index (χ0v) is 7.04. The molecule has 0 aromatic heterocycles. The Bertz CT molecular complexity index is 213. The minimum absolute atomic E-state index is 0.718. The number of halogens is 3. The van der Waals surface area contributed by atoms with E-state index in [9.17, 15) is 18.0 Å². The van der Waals surface area contributed by atoms with Gasteiger partial charge in [-0.3, -0.25) is 4.79 Å². The van der Waals surface area contributed by atoms with Gasteiger partial charge in [0.25, 0.3) is 11.7 Å². The van der Waals surface area contributed by atoms with Crippen molar-refractivity contribution >= 4 is 5.91 Å². The van der Waals surface area contributed by atoms with Crippen LogP contribution in [0.4, 0.5) is 13.2 Å². The topological polar surface area (TPSA) is 29.1 Å². The number of carbonyl (C=O) groups is 1. The van der Waals surface area contributed by atoms with E-state index in [1.54, 1.807) is 20.8 Å². The number of hydrogen-bond donors (Lipinski definition) is 1. The molecule has 1 amide bonds. The predicted octanol–water partition coefficient (Wildman–Crippen LogP) is 1.98. The molecule has 70 valence electrons. The van der Waals surface area contributed by atoms with Crippen molar-refractivity contribution in [2.45, 2.75) is 26.3 Å². The summed E-state index contributed by atoms with van der Waals surface area (Å²) in [4.78, 5) is 10.6. The zero-order chi connectivity index (χ0) is 9.94. The lowest BCUT2D eigenvalue weighted by molar-refractivity contribution is -0.120. The summed E-state index contributed by atoms with van der Waals surface area (Å²) in [7, 11) is 0. The maximum absolute atomic E-state index is 12.2. The molecule has 0 bridgehead atoms. The van der Waals surface area contributed by atoms with Gasteiger partial charge in [0.15, 0.2) is 0 Å². The van der Waals surface area contributed by atoms with Crippen molar-refractivity contribution in [2.24, 2.45) is 0 Å². The summed E-state index contributed by atoms with van der Waals surface area (Å²) in [6.45, 7) is 4.69. The van der Waals surface area contributed by atoms with E-state index < -0.39 is 23.4 Å². The smallest absolute Gasteiger partial charge is 0.311 e. The Hall–Kier alpha value is -1.00. The minimum atomic E-state index is -2.60. The molecule has 0 aliphatic heterocycles. The van der Waals surface area contributed by atoms with Crippen molar-refractivity contribution in [1.82, 2.24) is 5.32 Å². The van der Waals surface area contributed by atoms with E-state index in [1.165, 1.54) is 0 Å². The second kappa shape index (κ2) is 3.60. The number of nitrogens with one attached hydrogen (secondary N) is 1. The molecule has 0 aliphatic rings. The first kappa shape index (κ1) is 11.0. The lowest BCUT2D eigenvalue weighted by Crippen LogP contribution is -2.40. The van der Waals surface area contributed by atoms with Crippen LogP contribution in [0.15, 0.2) is 11.9 Å². The second-order valence-electron chi connectivity index (χ2n) is 3.28. The van der Waals surface area contributed by atoms with Crippen molar-refractivity contribution < 1.29 is 18.0 Å². The summed E-state index contributed by atoms with van der Waals surface area (Å²) in [6, 6.07) is 0. The van der Waals surface area contributed by atoms with Crippen LogP contribution in [0.3, 0.4) is 0 Å². The quantitative estimate of drug-likeness (QED) is 0.615. The maximum atomic E-state index is 12.2. The van der Waals surface area contributed by atoms with Crippen LogP contribution < -0.4 is 5.32 Å². The van der Waals surface area contributed by atoms with Crippen LogP contribution >= 0.6 is 0 Å². The highest BCUT2D eigenvalue weighted by atomic mass is 19.3. The fraction of sp³-hybridized carbons (Fsp3) is 0.571. The Balaban J connectivity index is 4.36. The van der Waals surface area contributed by atoms with E-state index in [-0.39, 0.29) is 0 Å². The average molecular weight is 181 g/mol. The fourth-order valence-corrected chi connectivity index (χ4v) is 0.481. The van der Waals surface area contributed by atoms with Gasteiger partial charge in [-0.2, -0.15) is 13.2 Å². The average Bonchev–Trinajstić information content (AvgIpc) is 1.82. The Morgan fingerprint density at radius 3 is 1.83 bits per heavy atom. The lowest BCUT2D eigenvalue weighted by atomic mass is 10.1. The van der Waals surface area contributed by atoms with Gasteiger partial charge in [-0.05, 0) is 20.8 Å². The second-order valence-corrected chi connectivity index (χ2v) is 3.28. The summed E-state index contributed by atoms with van der Waals surface area (Å²) < 4.78 is 35.2. The standard InChI is InChI=1S/C7H10F3NO/c1-7(2,3)11-6(12)4(8)5(9)10/h1-3H3,(H,11,12). The largest absolute Gasteiger partial charge is 0.345 e. The van der Waals surface area contributed by atoms with Crippen molar-refractivity contribution in [3.05, 3.63) is 11.9 Å². The van der Waals surface area contributed by atoms with Gasteiger partial charge < -0.3 is 5.32 Å². The molecular formula is C7H10F3NO. The van der Waals surface area contributed by atoms with E-state index in [4.69, 9.17) is 0 Å². The molecule has 0 saturated carbocycles. The highest BCUT2D eigenvalue weighted by Gasteiger charge is 2.20. The summed E-state index contributed by atoms with van der Waals surface area (Å²) in [5.41, 5.74) is -0.718. The molecule has 0 spiro atoms. The third-order valence-corrected chi connectivity index (χ3v) is 0.854. The molecule has 0 fully saturated rings. The van der Waals surface area contributed by atoms with E-state index in [1.807, 2.05) is 5.32 Å². The monoisotopic (exact) mass is 181 g/mol. The molecule has 0 rings (SSSR count). The third-order valence-electron chi connectivity index (χ3n) is 0.854. The summed E-state index contributed by atoms with van der Waals surface area (Å²) in [5, 5.41) is 2.05. The Kier molecular flexibility index (Phi) is 3.30. The van der Waals surface area contributed by atoms with Crippen LogP contribution in [-0.4, -0.2) is 11.4 Å². The van der Waals surface area contributed by atoms with Crippen LogP contribution in [0, 0.1) is 0 Å². The van der Waals surface area contributed by atoms with Crippen molar-refractivity contribution in [2.75, 3.05) is 0 Å². The molecular weight excluding hydrogens is 171 g/mol. The first-order valence-corrected chi connectivity index (χ1v) is 3.27. The van der Waals surface area contributed by atoms with Crippen molar-refractivity contribution in [1.29, 1.82) is 0 Å². The summed E-state index contributed by atoms with van der Waals surface area (Å²) in [6.07, 6.45) is -2.60. The number of carbonyl (C=O) groups excluding carboxylic acids is 1. The van der Waals surface area contributed by atoms with Gasteiger partial charge >= 0.3 is 6.08 Å². The normalized spacial score (nSPS) is 10.8. The first-order chi connectivity index (χ1) is 5.24. The molecule has 0 aromatic rings. The molecule has 0 saturated heterocycles. The van der Waals surface area contributed by atoms with Crippen LogP contribution in [0.1, 0.15) is 20.8 Å². The van der Waals surface area contributed by atoms with Crippen LogP contribution in [0.2, 0.25) is 0 Å². The van der Waals surface area contributed by atoms with Crippen LogP contribution in [-0.2, 0) is 4.79 Å². The van der Waals surface area contributed by atoms with Gasteiger partial charge in [-0.1, -0.05) is 0 Å². The van der Waals surface area contributed by atoms with Crippen molar-refractivity contribution in [3.8, 4) is 0 Å². The maximum Gasteiger partial charge on any atom is 0.311 e. The van der Waals surface area contributed by atoms with Crippen LogP contribution in [0.25, 0.3) is 0 Å². The molecule has 0 atom stereocenters. The number of hydrogen-bond acceptors (Lipinski definition) is 1. The molecule has 1 N–H and O–H groups in total. The Morgan fingerprint density at radius 1 is 1.17 bits per heavy atom. The number of rotatable bonds is 1. The van der Waals surface area contributed by atoms with E-state index in [0.29, 0.717) is 0 Å².